The number of rotatable bonds is 4. The van der Waals surface area contributed by atoms with E-state index in [-0.39, 0.29) is 23.2 Å². The number of ether oxygens (including phenoxy) is 1. The molecule has 0 radical (unpaired) electrons. The van der Waals surface area contributed by atoms with Crippen LogP contribution in [0, 0.1) is 17.8 Å². The van der Waals surface area contributed by atoms with Crippen LogP contribution in [0.4, 0.5) is 18.9 Å². The monoisotopic (exact) mass is 499 g/mol. The molecule has 1 amide bonds. The number of halogens is 5. The summed E-state index contributed by atoms with van der Waals surface area (Å²) in [5.41, 5.74) is 0.135. The van der Waals surface area contributed by atoms with Gasteiger partial charge in [-0.3, -0.25) is 9.80 Å². The summed E-state index contributed by atoms with van der Waals surface area (Å²) in [7, 11) is 1.72. The molecule has 2 aromatic carbocycles. The standard InChI is InChI=1S/C22H18Cl2F3N3O3/c1-12(11-31)20-29-30(2)21(33-20)14-4-3-13(17(23)9-14)5-8-19(32)28-15-6-7-16(18(24)10-15)22(25,26)27/h3-4,6-7,9-10,12,21,31H,11H2,1-2H3,(H,28,32)/t12-,21?/m0/s1. The van der Waals surface area contributed by atoms with Gasteiger partial charge in [0, 0.05) is 29.8 Å². The van der Waals surface area contributed by atoms with Crippen molar-refractivity contribution in [1.29, 1.82) is 0 Å². The maximum absolute atomic E-state index is 12.8. The largest absolute Gasteiger partial charge is 0.450 e. The molecule has 1 aliphatic heterocycles. The third-order valence-corrected chi connectivity index (χ3v) is 5.27. The lowest BCUT2D eigenvalue weighted by atomic mass is 10.1. The van der Waals surface area contributed by atoms with Gasteiger partial charge in [-0.25, -0.2) is 0 Å². The number of benzene rings is 2. The molecule has 2 atom stereocenters. The number of hydrogen-bond donors (Lipinski definition) is 2. The Morgan fingerprint density at radius 1 is 1.27 bits per heavy atom. The van der Waals surface area contributed by atoms with E-state index in [1.54, 1.807) is 37.2 Å². The summed E-state index contributed by atoms with van der Waals surface area (Å²) in [6.45, 7) is 1.68. The van der Waals surface area contributed by atoms with Crippen LogP contribution in [0.5, 0.6) is 0 Å². The summed E-state index contributed by atoms with van der Waals surface area (Å²) >= 11 is 11.9. The van der Waals surface area contributed by atoms with Crippen molar-refractivity contribution >= 4 is 40.7 Å². The fraction of sp³-hybridized carbons (Fsp3) is 0.273. The molecular formula is C22H18Cl2F3N3O3. The summed E-state index contributed by atoms with van der Waals surface area (Å²) in [5, 5.41) is 17.2. The molecule has 33 heavy (non-hydrogen) atoms. The lowest BCUT2D eigenvalue weighted by Gasteiger charge is -2.19. The highest BCUT2D eigenvalue weighted by Gasteiger charge is 2.33. The zero-order chi connectivity index (χ0) is 24.3. The molecule has 1 aliphatic rings. The predicted molar refractivity (Wildman–Crippen MR) is 119 cm³/mol. The van der Waals surface area contributed by atoms with Crippen LogP contribution in [0.2, 0.25) is 10.0 Å². The molecular weight excluding hydrogens is 482 g/mol. The van der Waals surface area contributed by atoms with Gasteiger partial charge < -0.3 is 15.2 Å². The molecule has 0 spiro atoms. The van der Waals surface area contributed by atoms with Crippen LogP contribution in [-0.4, -0.2) is 35.6 Å². The van der Waals surface area contributed by atoms with Gasteiger partial charge in [0.15, 0.2) is 0 Å². The number of hydrazone groups is 1. The van der Waals surface area contributed by atoms with E-state index in [9.17, 15) is 23.1 Å². The Labute approximate surface area is 197 Å². The van der Waals surface area contributed by atoms with Crippen molar-refractivity contribution in [2.45, 2.75) is 19.3 Å². The second-order valence-electron chi connectivity index (χ2n) is 7.20. The summed E-state index contributed by atoms with van der Waals surface area (Å²) in [5.74, 6) is 4.37. The van der Waals surface area contributed by atoms with Crippen LogP contribution in [0.25, 0.3) is 0 Å². The highest BCUT2D eigenvalue weighted by atomic mass is 35.5. The number of anilines is 1. The SMILES string of the molecule is C[C@@H](CO)C1=NN(C)C(c2ccc(C#CC(=O)Nc3ccc(C(F)(F)F)c(Cl)c3)c(Cl)c2)O1. The van der Waals surface area contributed by atoms with Gasteiger partial charge in [0.1, 0.15) is 0 Å². The molecule has 0 saturated carbocycles. The molecule has 3 rings (SSSR count). The van der Waals surface area contributed by atoms with Crippen molar-refractivity contribution < 1.29 is 27.8 Å². The molecule has 0 aromatic heterocycles. The smallest absolute Gasteiger partial charge is 0.417 e. The first-order valence-electron chi connectivity index (χ1n) is 9.57. The lowest BCUT2D eigenvalue weighted by molar-refractivity contribution is -0.137. The van der Waals surface area contributed by atoms with Crippen molar-refractivity contribution in [3.05, 3.63) is 63.1 Å². The number of carbonyl (C=O) groups excluding carboxylic acids is 1. The van der Waals surface area contributed by atoms with E-state index in [1.165, 1.54) is 0 Å². The van der Waals surface area contributed by atoms with E-state index in [2.05, 4.69) is 22.3 Å². The Hall–Kier alpha value is -2.93. The highest BCUT2D eigenvalue weighted by Crippen LogP contribution is 2.36. The first-order valence-corrected chi connectivity index (χ1v) is 10.3. The number of aliphatic hydroxyl groups is 1. The van der Waals surface area contributed by atoms with Gasteiger partial charge in [0.2, 0.25) is 12.1 Å². The van der Waals surface area contributed by atoms with Crippen molar-refractivity contribution in [1.82, 2.24) is 5.01 Å². The third kappa shape index (κ3) is 5.90. The number of amides is 1. The number of nitrogens with zero attached hydrogens (tertiary/aromatic N) is 2. The van der Waals surface area contributed by atoms with Crippen LogP contribution in [-0.2, 0) is 15.7 Å². The van der Waals surface area contributed by atoms with Crippen molar-refractivity contribution in [3.8, 4) is 11.8 Å². The highest BCUT2D eigenvalue weighted by molar-refractivity contribution is 6.32. The average molecular weight is 500 g/mol. The first-order chi connectivity index (χ1) is 15.5. The number of nitrogens with one attached hydrogen (secondary N) is 1. The molecule has 6 nitrogen and oxygen atoms in total. The topological polar surface area (TPSA) is 74.2 Å². The Kier molecular flexibility index (Phi) is 7.42. The van der Waals surface area contributed by atoms with Crippen LogP contribution >= 0.6 is 23.2 Å². The molecule has 174 valence electrons. The van der Waals surface area contributed by atoms with Crippen molar-refractivity contribution in [3.63, 3.8) is 0 Å². The predicted octanol–water partition coefficient (Wildman–Crippen LogP) is 4.90. The maximum atomic E-state index is 12.8. The number of aliphatic hydroxyl groups excluding tert-OH is 1. The molecule has 2 N–H and O–H groups in total. The number of hydrogen-bond acceptors (Lipinski definition) is 5. The van der Waals surface area contributed by atoms with E-state index >= 15 is 0 Å². The average Bonchev–Trinajstić information content (AvgIpc) is 3.13. The third-order valence-electron chi connectivity index (χ3n) is 4.64. The Balaban J connectivity index is 1.69. The zero-order valence-electron chi connectivity index (χ0n) is 17.4. The van der Waals surface area contributed by atoms with Gasteiger partial charge in [-0.1, -0.05) is 42.1 Å². The van der Waals surface area contributed by atoms with Crippen LogP contribution in [0.15, 0.2) is 41.5 Å². The first kappa shape index (κ1) is 24.7. The number of alkyl halides is 3. The van der Waals surface area contributed by atoms with Gasteiger partial charge in [0.25, 0.3) is 0 Å². The minimum absolute atomic E-state index is 0.0723. The van der Waals surface area contributed by atoms with Gasteiger partial charge in [-0.2, -0.15) is 13.2 Å². The molecule has 1 unspecified atom stereocenters. The fourth-order valence-corrected chi connectivity index (χ4v) is 3.42. The van der Waals surface area contributed by atoms with Gasteiger partial charge in [-0.05, 0) is 30.3 Å². The van der Waals surface area contributed by atoms with Gasteiger partial charge in [0.05, 0.1) is 28.1 Å². The minimum Gasteiger partial charge on any atom is -0.450 e. The molecule has 1 heterocycles. The molecule has 2 aromatic rings. The summed E-state index contributed by atoms with van der Waals surface area (Å²) in [6.07, 6.45) is -5.12. The van der Waals surface area contributed by atoms with E-state index in [4.69, 9.17) is 27.9 Å². The van der Waals surface area contributed by atoms with Gasteiger partial charge in [-0.15, -0.1) is 5.10 Å². The molecule has 0 saturated heterocycles. The summed E-state index contributed by atoms with van der Waals surface area (Å²) in [4.78, 5) is 12.1. The Bertz CT molecular complexity index is 1160. The van der Waals surface area contributed by atoms with E-state index in [0.29, 0.717) is 17.0 Å². The summed E-state index contributed by atoms with van der Waals surface area (Å²) < 4.78 is 44.1. The van der Waals surface area contributed by atoms with Crippen molar-refractivity contribution in [2.75, 3.05) is 19.0 Å². The Morgan fingerprint density at radius 2 is 2.00 bits per heavy atom. The quantitative estimate of drug-likeness (QED) is 0.586. The van der Waals surface area contributed by atoms with Gasteiger partial charge >= 0.3 is 12.1 Å². The normalized spacial score (nSPS) is 16.4. The van der Waals surface area contributed by atoms with Crippen LogP contribution in [0.3, 0.4) is 0 Å². The van der Waals surface area contributed by atoms with Crippen LogP contribution in [0.1, 0.15) is 29.8 Å². The fourth-order valence-electron chi connectivity index (χ4n) is 2.89. The summed E-state index contributed by atoms with van der Waals surface area (Å²) in [6, 6.07) is 7.81. The molecule has 0 fully saturated rings. The second-order valence-corrected chi connectivity index (χ2v) is 8.02. The number of carbonyl (C=O) groups is 1. The molecule has 11 heteroatoms. The second kappa shape index (κ2) is 9.91. The Morgan fingerprint density at radius 3 is 2.61 bits per heavy atom. The van der Waals surface area contributed by atoms with E-state index in [1.807, 2.05) is 0 Å². The maximum Gasteiger partial charge on any atom is 0.417 e. The molecule has 0 bridgehead atoms. The van der Waals surface area contributed by atoms with Crippen molar-refractivity contribution in [2.24, 2.45) is 11.0 Å². The van der Waals surface area contributed by atoms with E-state index in [0.717, 1.165) is 18.2 Å². The van der Waals surface area contributed by atoms with Crippen LogP contribution < -0.4 is 5.32 Å². The lowest BCUT2D eigenvalue weighted by Crippen LogP contribution is -2.18. The van der Waals surface area contributed by atoms with E-state index < -0.39 is 28.9 Å². The molecule has 0 aliphatic carbocycles. The zero-order valence-corrected chi connectivity index (χ0v) is 18.9. The minimum atomic E-state index is -4.59.